The highest BCUT2D eigenvalue weighted by Crippen LogP contribution is 2.44. The van der Waals surface area contributed by atoms with Crippen molar-refractivity contribution in [1.29, 1.82) is 0 Å². The number of anilines is 3. The number of nitrogens with zero attached hydrogens (tertiary/aromatic N) is 1. The number of fused-ring (bicyclic) bond motifs is 11. The van der Waals surface area contributed by atoms with Gasteiger partial charge in [0.05, 0.1) is 0 Å². The van der Waals surface area contributed by atoms with Crippen LogP contribution >= 0.6 is 0 Å². The zero-order valence-corrected chi connectivity index (χ0v) is 34.1. The monoisotopic (exact) mass is 803 g/mol. The summed E-state index contributed by atoms with van der Waals surface area (Å²) < 4.78 is 13.1. The summed E-state index contributed by atoms with van der Waals surface area (Å²) in [7, 11) is 0. The Kier molecular flexibility index (Phi) is 7.91. The van der Waals surface area contributed by atoms with Gasteiger partial charge in [0.2, 0.25) is 0 Å². The van der Waals surface area contributed by atoms with Gasteiger partial charge in [-0.1, -0.05) is 158 Å². The number of hydrogen-bond donors (Lipinski definition) is 0. The van der Waals surface area contributed by atoms with Gasteiger partial charge in [0.15, 0.2) is 0 Å². The molecule has 0 saturated carbocycles. The molecule has 0 aliphatic carbocycles. The van der Waals surface area contributed by atoms with E-state index in [1.54, 1.807) is 0 Å². The summed E-state index contributed by atoms with van der Waals surface area (Å²) in [4.78, 5) is 2.34. The molecular formula is C60H37NO2. The van der Waals surface area contributed by atoms with Crippen LogP contribution in [0.25, 0.3) is 110 Å². The van der Waals surface area contributed by atoms with Crippen molar-refractivity contribution in [1.82, 2.24) is 0 Å². The van der Waals surface area contributed by atoms with Crippen LogP contribution in [-0.4, -0.2) is 0 Å². The summed E-state index contributed by atoms with van der Waals surface area (Å²) >= 11 is 0. The van der Waals surface area contributed by atoms with Gasteiger partial charge in [-0.3, -0.25) is 0 Å². The second-order valence-electron chi connectivity index (χ2n) is 16.4. The van der Waals surface area contributed by atoms with E-state index >= 15 is 0 Å². The Morgan fingerprint density at radius 3 is 1.19 bits per heavy atom. The summed E-state index contributed by atoms with van der Waals surface area (Å²) in [6.45, 7) is 0. The molecule has 2 heterocycles. The maximum atomic E-state index is 6.55. The Bertz CT molecular complexity index is 3700. The summed E-state index contributed by atoms with van der Waals surface area (Å²) in [5.41, 5.74) is 13.8. The average Bonchev–Trinajstić information content (AvgIpc) is 3.94. The van der Waals surface area contributed by atoms with Crippen molar-refractivity contribution in [2.24, 2.45) is 0 Å². The minimum Gasteiger partial charge on any atom is -0.455 e. The highest BCUT2D eigenvalue weighted by molar-refractivity contribution is 6.20. The lowest BCUT2D eigenvalue weighted by atomic mass is 9.97. The van der Waals surface area contributed by atoms with Gasteiger partial charge in [0, 0.05) is 49.4 Å². The van der Waals surface area contributed by atoms with Crippen LogP contribution in [0.4, 0.5) is 17.1 Å². The minimum absolute atomic E-state index is 0.892. The fourth-order valence-electron chi connectivity index (χ4n) is 9.79. The van der Waals surface area contributed by atoms with Crippen LogP contribution in [0.15, 0.2) is 233 Å². The maximum absolute atomic E-state index is 6.55. The Hall–Kier alpha value is -8.40. The Morgan fingerprint density at radius 2 is 0.683 bits per heavy atom. The van der Waals surface area contributed by atoms with Gasteiger partial charge in [-0.15, -0.1) is 0 Å². The SMILES string of the molecule is c1ccc2cc(-c3ccc(N(c4ccc(-c5cccc6oc7c8ccccc8ccc7c56)cc4)c4ccc(-c5cccc6oc7c8ccccc8ccc7c56)cc4)cc3)ccc2c1. The molecule has 0 unspecified atom stereocenters. The van der Waals surface area contributed by atoms with E-state index in [0.717, 1.165) is 94.0 Å². The van der Waals surface area contributed by atoms with Crippen LogP contribution < -0.4 is 4.90 Å². The van der Waals surface area contributed by atoms with Crippen LogP contribution in [0, 0.1) is 0 Å². The molecule has 0 N–H and O–H groups in total. The molecule has 0 spiro atoms. The molecular weight excluding hydrogens is 767 g/mol. The first-order valence-corrected chi connectivity index (χ1v) is 21.5. The third-order valence-electron chi connectivity index (χ3n) is 12.9. The zero-order valence-electron chi connectivity index (χ0n) is 34.1. The van der Waals surface area contributed by atoms with Crippen molar-refractivity contribution in [3.05, 3.63) is 224 Å². The normalized spacial score (nSPS) is 11.8. The summed E-state index contributed by atoms with van der Waals surface area (Å²) in [5, 5.41) is 11.6. The molecule has 0 saturated heterocycles. The Balaban J connectivity index is 0.914. The van der Waals surface area contributed by atoms with E-state index in [0.29, 0.717) is 0 Å². The fraction of sp³-hybridized carbons (Fsp3) is 0. The zero-order chi connectivity index (χ0) is 41.4. The van der Waals surface area contributed by atoms with Crippen LogP contribution in [0.3, 0.4) is 0 Å². The standard InChI is InChI=1S/C60H37NO2/c1-2-12-44-37-45(20-19-38(44)9-1)39-21-29-46(30-22-39)61(47-31-23-42(24-32-47)49-15-7-17-55-57(49)53-35-27-40-10-3-5-13-51(40)59(53)62-55)48-33-25-43(26-34-48)50-16-8-18-56-58(50)54-36-28-41-11-4-6-14-52(41)60(54)63-56/h1-37H. The lowest BCUT2D eigenvalue weighted by Crippen LogP contribution is -2.09. The van der Waals surface area contributed by atoms with Gasteiger partial charge in [-0.2, -0.15) is 0 Å². The van der Waals surface area contributed by atoms with E-state index in [2.05, 4.69) is 229 Å². The molecule has 3 heteroatoms. The highest BCUT2D eigenvalue weighted by Gasteiger charge is 2.19. The van der Waals surface area contributed by atoms with Crippen molar-refractivity contribution in [3.63, 3.8) is 0 Å². The summed E-state index contributed by atoms with van der Waals surface area (Å²) in [6.07, 6.45) is 0. The van der Waals surface area contributed by atoms with Crippen molar-refractivity contribution in [3.8, 4) is 33.4 Å². The Morgan fingerprint density at radius 1 is 0.270 bits per heavy atom. The first-order chi connectivity index (χ1) is 31.2. The largest absolute Gasteiger partial charge is 0.455 e. The van der Waals surface area contributed by atoms with Gasteiger partial charge >= 0.3 is 0 Å². The third kappa shape index (κ3) is 5.75. The third-order valence-corrected chi connectivity index (χ3v) is 12.9. The number of hydrogen-bond acceptors (Lipinski definition) is 3. The first kappa shape index (κ1) is 35.4. The molecule has 0 bridgehead atoms. The topological polar surface area (TPSA) is 29.5 Å². The molecule has 13 rings (SSSR count). The van der Waals surface area contributed by atoms with Crippen molar-refractivity contribution in [2.45, 2.75) is 0 Å². The molecule has 0 aliphatic heterocycles. The minimum atomic E-state index is 0.892. The van der Waals surface area contributed by atoms with E-state index in [4.69, 9.17) is 8.83 Å². The van der Waals surface area contributed by atoms with Gasteiger partial charge in [0.1, 0.15) is 22.3 Å². The fourth-order valence-corrected chi connectivity index (χ4v) is 9.79. The molecule has 0 fully saturated rings. The molecule has 294 valence electrons. The second-order valence-corrected chi connectivity index (χ2v) is 16.4. The molecule has 0 aliphatic rings. The smallest absolute Gasteiger partial charge is 0.143 e. The highest BCUT2D eigenvalue weighted by atomic mass is 16.3. The molecule has 0 radical (unpaired) electrons. The summed E-state index contributed by atoms with van der Waals surface area (Å²) in [5.74, 6) is 0. The number of benzene rings is 11. The quantitative estimate of drug-likeness (QED) is 0.168. The average molecular weight is 804 g/mol. The lowest BCUT2D eigenvalue weighted by molar-refractivity contribution is 0.672. The molecule has 13 aromatic rings. The van der Waals surface area contributed by atoms with E-state index in [9.17, 15) is 0 Å². The molecule has 3 nitrogen and oxygen atoms in total. The summed E-state index contributed by atoms with van der Waals surface area (Å²) in [6, 6.07) is 80.5. The van der Waals surface area contributed by atoms with Gasteiger partial charge in [-0.25, -0.2) is 0 Å². The second kappa shape index (κ2) is 14.1. The van der Waals surface area contributed by atoms with E-state index in [1.807, 2.05) is 0 Å². The van der Waals surface area contributed by atoms with Crippen molar-refractivity contribution >= 4 is 93.3 Å². The molecule has 2 aromatic heterocycles. The molecule has 11 aromatic carbocycles. The van der Waals surface area contributed by atoms with E-state index in [1.165, 1.54) is 32.7 Å². The molecule has 63 heavy (non-hydrogen) atoms. The van der Waals surface area contributed by atoms with Gasteiger partial charge < -0.3 is 13.7 Å². The van der Waals surface area contributed by atoms with Gasteiger partial charge in [-0.05, 0) is 122 Å². The van der Waals surface area contributed by atoms with Crippen LogP contribution in [0.2, 0.25) is 0 Å². The van der Waals surface area contributed by atoms with E-state index in [-0.39, 0.29) is 0 Å². The predicted molar refractivity (Wildman–Crippen MR) is 265 cm³/mol. The van der Waals surface area contributed by atoms with E-state index < -0.39 is 0 Å². The van der Waals surface area contributed by atoms with Gasteiger partial charge in [0.25, 0.3) is 0 Å². The van der Waals surface area contributed by atoms with Crippen LogP contribution in [0.1, 0.15) is 0 Å². The lowest BCUT2D eigenvalue weighted by Gasteiger charge is -2.26. The first-order valence-electron chi connectivity index (χ1n) is 21.5. The predicted octanol–water partition coefficient (Wildman–Crippen LogP) is 17.4. The van der Waals surface area contributed by atoms with Crippen molar-refractivity contribution < 1.29 is 8.83 Å². The van der Waals surface area contributed by atoms with Crippen LogP contribution in [-0.2, 0) is 0 Å². The number of rotatable bonds is 6. The Labute approximate surface area is 363 Å². The van der Waals surface area contributed by atoms with Crippen molar-refractivity contribution in [2.75, 3.05) is 4.90 Å². The van der Waals surface area contributed by atoms with Crippen LogP contribution in [0.5, 0.6) is 0 Å². The molecule has 0 atom stereocenters. The molecule has 0 amide bonds. The maximum Gasteiger partial charge on any atom is 0.143 e. The number of furan rings is 2.